The van der Waals surface area contributed by atoms with Gasteiger partial charge in [-0.1, -0.05) is 30.3 Å². The van der Waals surface area contributed by atoms with Crippen molar-refractivity contribution in [3.63, 3.8) is 0 Å². The molecule has 1 aliphatic carbocycles. The van der Waals surface area contributed by atoms with Gasteiger partial charge in [0.1, 0.15) is 11.5 Å². The maximum absolute atomic E-state index is 13.3. The molecule has 2 aromatic carbocycles. The Hall–Kier alpha value is -3.86. The molecular weight excluding hydrogens is 366 g/mol. The lowest BCUT2D eigenvalue weighted by molar-refractivity contribution is 0.0705. The molecule has 29 heavy (non-hydrogen) atoms. The van der Waals surface area contributed by atoms with Gasteiger partial charge in [0.15, 0.2) is 5.78 Å². The molecule has 1 aliphatic rings. The molecule has 0 bridgehead atoms. The first-order valence-electron chi connectivity index (χ1n) is 9.33. The fourth-order valence-corrected chi connectivity index (χ4v) is 3.72. The quantitative estimate of drug-likeness (QED) is 0.432. The number of carbonyl (C=O) groups excluding carboxylic acids is 2. The molecule has 0 saturated heterocycles. The van der Waals surface area contributed by atoms with Crippen LogP contribution >= 0.6 is 0 Å². The predicted octanol–water partition coefficient (Wildman–Crippen LogP) is 4.93. The molecule has 2 aromatic heterocycles. The van der Waals surface area contributed by atoms with Crippen molar-refractivity contribution in [2.24, 2.45) is 0 Å². The Labute approximate surface area is 167 Å². The largest absolute Gasteiger partial charge is 0.467 e. The van der Waals surface area contributed by atoms with Gasteiger partial charge in [0.05, 0.1) is 25.6 Å². The van der Waals surface area contributed by atoms with Crippen molar-refractivity contribution >= 4 is 11.7 Å². The van der Waals surface area contributed by atoms with Crippen molar-refractivity contribution in [2.75, 3.05) is 0 Å². The molecule has 0 N–H and O–H groups in total. The van der Waals surface area contributed by atoms with E-state index in [0.717, 1.165) is 11.1 Å². The van der Waals surface area contributed by atoms with Crippen molar-refractivity contribution in [3.05, 3.63) is 107 Å². The minimum Gasteiger partial charge on any atom is -0.467 e. The summed E-state index contributed by atoms with van der Waals surface area (Å²) in [5.41, 5.74) is 3.48. The number of rotatable bonds is 5. The Morgan fingerprint density at radius 2 is 1.34 bits per heavy atom. The normalized spacial score (nSPS) is 11.9. The summed E-state index contributed by atoms with van der Waals surface area (Å²) >= 11 is 0. The molecular formula is C24H17NO4. The average Bonchev–Trinajstić information content (AvgIpc) is 3.50. The number of furan rings is 2. The van der Waals surface area contributed by atoms with Crippen LogP contribution in [0.2, 0.25) is 0 Å². The van der Waals surface area contributed by atoms with E-state index in [1.165, 1.54) is 0 Å². The van der Waals surface area contributed by atoms with Gasteiger partial charge < -0.3 is 13.7 Å². The van der Waals surface area contributed by atoms with E-state index in [9.17, 15) is 9.59 Å². The smallest absolute Gasteiger partial charge is 0.254 e. The predicted molar refractivity (Wildman–Crippen MR) is 106 cm³/mol. The molecule has 5 nitrogen and oxygen atoms in total. The molecule has 0 unspecified atom stereocenters. The van der Waals surface area contributed by atoms with Crippen LogP contribution in [0, 0.1) is 0 Å². The average molecular weight is 383 g/mol. The summed E-state index contributed by atoms with van der Waals surface area (Å²) in [6, 6.07) is 20.1. The minimum atomic E-state index is -0.190. The van der Waals surface area contributed by atoms with E-state index in [0.29, 0.717) is 41.3 Å². The van der Waals surface area contributed by atoms with Crippen molar-refractivity contribution in [1.82, 2.24) is 4.90 Å². The van der Waals surface area contributed by atoms with Crippen LogP contribution < -0.4 is 0 Å². The third-order valence-electron chi connectivity index (χ3n) is 5.11. The number of carbonyl (C=O) groups is 2. The van der Waals surface area contributed by atoms with Gasteiger partial charge in [-0.15, -0.1) is 0 Å². The molecule has 0 spiro atoms. The van der Waals surface area contributed by atoms with Gasteiger partial charge in [0, 0.05) is 16.7 Å². The topological polar surface area (TPSA) is 63.7 Å². The van der Waals surface area contributed by atoms with Crippen LogP contribution in [-0.4, -0.2) is 16.6 Å². The summed E-state index contributed by atoms with van der Waals surface area (Å²) in [6.07, 6.45) is 3.16. The third kappa shape index (κ3) is 3.06. The zero-order valence-corrected chi connectivity index (χ0v) is 15.5. The Morgan fingerprint density at radius 1 is 0.724 bits per heavy atom. The second kappa shape index (κ2) is 6.95. The SMILES string of the molecule is O=C1c2ccccc2-c2ccc(C(=O)N(Cc3ccco3)Cc3ccco3)cc21. The van der Waals surface area contributed by atoms with E-state index in [2.05, 4.69) is 0 Å². The summed E-state index contributed by atoms with van der Waals surface area (Å²) in [5, 5.41) is 0. The number of amides is 1. The molecule has 142 valence electrons. The monoisotopic (exact) mass is 383 g/mol. The molecule has 4 aromatic rings. The van der Waals surface area contributed by atoms with Crippen LogP contribution in [0.15, 0.2) is 88.1 Å². The van der Waals surface area contributed by atoms with Crippen molar-refractivity contribution in [1.29, 1.82) is 0 Å². The van der Waals surface area contributed by atoms with E-state index in [1.807, 2.05) is 42.5 Å². The number of hydrogen-bond acceptors (Lipinski definition) is 4. The minimum absolute atomic E-state index is 0.0473. The molecule has 0 aliphatic heterocycles. The Kier molecular flexibility index (Phi) is 4.13. The number of nitrogens with zero attached hydrogens (tertiary/aromatic N) is 1. The van der Waals surface area contributed by atoms with Gasteiger partial charge in [0.2, 0.25) is 0 Å². The summed E-state index contributed by atoms with van der Waals surface area (Å²) < 4.78 is 10.8. The molecule has 2 heterocycles. The Balaban J connectivity index is 1.48. The maximum Gasteiger partial charge on any atom is 0.254 e. The molecule has 0 fully saturated rings. The summed E-state index contributed by atoms with van der Waals surface area (Å²) in [6.45, 7) is 0.607. The maximum atomic E-state index is 13.3. The Morgan fingerprint density at radius 3 is 1.97 bits per heavy atom. The highest BCUT2D eigenvalue weighted by Gasteiger charge is 2.28. The van der Waals surface area contributed by atoms with Crippen molar-refractivity contribution < 1.29 is 18.4 Å². The standard InChI is InChI=1S/C24H17NO4/c26-23-21-8-2-1-7-19(21)20-10-9-16(13-22(20)23)24(27)25(14-17-5-3-11-28-17)15-18-6-4-12-29-18/h1-13H,14-15H2. The lowest BCUT2D eigenvalue weighted by atomic mass is 10.0. The first kappa shape index (κ1) is 17.3. The lowest BCUT2D eigenvalue weighted by Gasteiger charge is -2.21. The van der Waals surface area contributed by atoms with Crippen LogP contribution in [0.4, 0.5) is 0 Å². The highest BCUT2D eigenvalue weighted by molar-refractivity contribution is 6.22. The van der Waals surface area contributed by atoms with E-state index in [1.54, 1.807) is 41.7 Å². The van der Waals surface area contributed by atoms with Gasteiger partial charge in [0.25, 0.3) is 5.91 Å². The van der Waals surface area contributed by atoms with Crippen LogP contribution in [-0.2, 0) is 13.1 Å². The van der Waals surface area contributed by atoms with E-state index in [-0.39, 0.29) is 11.7 Å². The number of benzene rings is 2. The summed E-state index contributed by atoms with van der Waals surface area (Å²) in [5.74, 6) is 1.11. The van der Waals surface area contributed by atoms with Crippen molar-refractivity contribution in [3.8, 4) is 11.1 Å². The molecule has 1 amide bonds. The first-order valence-corrected chi connectivity index (χ1v) is 9.33. The number of hydrogen-bond donors (Lipinski definition) is 0. The van der Waals surface area contributed by atoms with Gasteiger partial charge in [-0.3, -0.25) is 9.59 Å². The van der Waals surface area contributed by atoms with Crippen LogP contribution in [0.5, 0.6) is 0 Å². The summed E-state index contributed by atoms with van der Waals surface area (Å²) in [4.78, 5) is 27.7. The van der Waals surface area contributed by atoms with Gasteiger partial charge in [-0.05, 0) is 47.5 Å². The first-order chi connectivity index (χ1) is 14.2. The molecule has 5 rings (SSSR count). The molecule has 0 atom stereocenters. The molecule has 0 saturated carbocycles. The fourth-order valence-electron chi connectivity index (χ4n) is 3.72. The van der Waals surface area contributed by atoms with Gasteiger partial charge >= 0.3 is 0 Å². The number of fused-ring (bicyclic) bond motifs is 3. The van der Waals surface area contributed by atoms with E-state index in [4.69, 9.17) is 8.83 Å². The van der Waals surface area contributed by atoms with E-state index >= 15 is 0 Å². The second-order valence-electron chi connectivity index (χ2n) is 6.96. The van der Waals surface area contributed by atoms with Crippen LogP contribution in [0.3, 0.4) is 0 Å². The second-order valence-corrected chi connectivity index (χ2v) is 6.96. The zero-order chi connectivity index (χ0) is 19.8. The highest BCUT2D eigenvalue weighted by atomic mass is 16.3. The molecule has 0 radical (unpaired) electrons. The van der Waals surface area contributed by atoms with Gasteiger partial charge in [-0.25, -0.2) is 0 Å². The fraction of sp³-hybridized carbons (Fsp3) is 0.0833. The lowest BCUT2D eigenvalue weighted by Crippen LogP contribution is -2.30. The van der Waals surface area contributed by atoms with Crippen LogP contribution in [0.1, 0.15) is 37.8 Å². The van der Waals surface area contributed by atoms with Crippen LogP contribution in [0.25, 0.3) is 11.1 Å². The Bertz CT molecular complexity index is 1150. The van der Waals surface area contributed by atoms with Crippen molar-refractivity contribution in [2.45, 2.75) is 13.1 Å². The number of ketones is 1. The van der Waals surface area contributed by atoms with E-state index < -0.39 is 0 Å². The summed E-state index contributed by atoms with van der Waals surface area (Å²) in [7, 11) is 0. The third-order valence-corrected chi connectivity index (χ3v) is 5.11. The van der Waals surface area contributed by atoms with Gasteiger partial charge in [-0.2, -0.15) is 0 Å². The highest BCUT2D eigenvalue weighted by Crippen LogP contribution is 2.37. The molecule has 5 heteroatoms. The zero-order valence-electron chi connectivity index (χ0n) is 15.5.